The summed E-state index contributed by atoms with van der Waals surface area (Å²) >= 11 is 6.79. The van der Waals surface area contributed by atoms with Crippen molar-refractivity contribution in [1.29, 1.82) is 0 Å². The summed E-state index contributed by atoms with van der Waals surface area (Å²) in [6.45, 7) is 8.59. The number of hydrogen-bond donors (Lipinski definition) is 2. The van der Waals surface area contributed by atoms with Gasteiger partial charge in [-0.15, -0.1) is 10.2 Å². The number of piperidine rings is 1. The highest BCUT2D eigenvalue weighted by atomic mass is 35.5. The second-order valence-corrected chi connectivity index (χ2v) is 7.89. The van der Waals surface area contributed by atoms with Crippen LogP contribution in [0.2, 0.25) is 4.47 Å². The third kappa shape index (κ3) is 3.87. The van der Waals surface area contributed by atoms with Gasteiger partial charge in [0.05, 0.1) is 0 Å². The number of halogens is 1. The molecule has 2 heterocycles. The second-order valence-electron chi connectivity index (χ2n) is 6.33. The van der Waals surface area contributed by atoms with Gasteiger partial charge >= 0.3 is 0 Å². The van der Waals surface area contributed by atoms with Crippen LogP contribution in [0.3, 0.4) is 0 Å². The lowest BCUT2D eigenvalue weighted by molar-refractivity contribution is 0.0872. The predicted octanol–water partition coefficient (Wildman–Crippen LogP) is 2.23. The molecular formula is C12H19ClN4OS. The Bertz CT molecular complexity index is 470. The standard InChI is InChI=1S/C12H19ClN4OS/c1-11(2)5-7(6-12(3,4)17-11)14-8(18)9-15-16-10(13)19-9/h7,17H,5-6H2,1-4H3,(H,14,18). The summed E-state index contributed by atoms with van der Waals surface area (Å²) in [5, 5.41) is 14.3. The van der Waals surface area contributed by atoms with E-state index in [1.165, 1.54) is 0 Å². The molecule has 1 fully saturated rings. The van der Waals surface area contributed by atoms with Gasteiger partial charge in [-0.1, -0.05) is 11.3 Å². The SMILES string of the molecule is CC1(C)CC(NC(=O)c2nnc(Cl)s2)CC(C)(C)N1. The van der Waals surface area contributed by atoms with Crippen LogP contribution in [0.1, 0.15) is 50.3 Å². The average Bonchev–Trinajstić information content (AvgIpc) is 2.59. The van der Waals surface area contributed by atoms with Crippen molar-refractivity contribution in [3.05, 3.63) is 9.47 Å². The van der Waals surface area contributed by atoms with Gasteiger partial charge in [-0.05, 0) is 52.1 Å². The first-order chi connectivity index (χ1) is 8.67. The number of amides is 1. The lowest BCUT2D eigenvalue weighted by atomic mass is 9.79. The molecule has 106 valence electrons. The van der Waals surface area contributed by atoms with Crippen LogP contribution in [0, 0.1) is 0 Å². The monoisotopic (exact) mass is 302 g/mol. The molecule has 0 saturated carbocycles. The van der Waals surface area contributed by atoms with Crippen molar-refractivity contribution in [3.8, 4) is 0 Å². The van der Waals surface area contributed by atoms with Gasteiger partial charge in [-0.2, -0.15) is 0 Å². The Labute approximate surface area is 122 Å². The highest BCUT2D eigenvalue weighted by molar-refractivity contribution is 7.17. The zero-order valence-corrected chi connectivity index (χ0v) is 13.2. The van der Waals surface area contributed by atoms with Crippen LogP contribution in [-0.4, -0.2) is 33.2 Å². The fourth-order valence-corrected chi connectivity index (χ4v) is 3.70. The van der Waals surface area contributed by atoms with Gasteiger partial charge in [0.15, 0.2) is 0 Å². The molecule has 1 aliphatic heterocycles. The zero-order chi connectivity index (χ0) is 14.3. The maximum absolute atomic E-state index is 12.1. The molecule has 1 saturated heterocycles. The molecule has 1 aromatic rings. The number of rotatable bonds is 2. The van der Waals surface area contributed by atoms with E-state index in [1.54, 1.807) is 0 Å². The molecule has 19 heavy (non-hydrogen) atoms. The molecule has 1 amide bonds. The molecule has 0 aliphatic carbocycles. The second kappa shape index (κ2) is 5.00. The van der Waals surface area contributed by atoms with Crippen molar-refractivity contribution >= 4 is 28.8 Å². The number of aromatic nitrogens is 2. The van der Waals surface area contributed by atoms with Crippen molar-refractivity contribution in [1.82, 2.24) is 20.8 Å². The van der Waals surface area contributed by atoms with E-state index in [-0.39, 0.29) is 27.5 Å². The number of nitrogens with zero attached hydrogens (tertiary/aromatic N) is 2. The van der Waals surface area contributed by atoms with Gasteiger partial charge in [0.25, 0.3) is 5.91 Å². The number of nitrogens with one attached hydrogen (secondary N) is 2. The molecule has 2 rings (SSSR count). The molecule has 1 aliphatic rings. The van der Waals surface area contributed by atoms with Crippen molar-refractivity contribution in [2.75, 3.05) is 0 Å². The van der Waals surface area contributed by atoms with Crippen molar-refractivity contribution in [3.63, 3.8) is 0 Å². The van der Waals surface area contributed by atoms with Crippen molar-refractivity contribution < 1.29 is 4.79 Å². The molecule has 2 N–H and O–H groups in total. The molecule has 0 bridgehead atoms. The summed E-state index contributed by atoms with van der Waals surface area (Å²) < 4.78 is 0.288. The van der Waals surface area contributed by atoms with Crippen LogP contribution < -0.4 is 10.6 Å². The highest BCUT2D eigenvalue weighted by Gasteiger charge is 2.38. The average molecular weight is 303 g/mol. The van der Waals surface area contributed by atoms with E-state index in [0.29, 0.717) is 5.01 Å². The summed E-state index contributed by atoms with van der Waals surface area (Å²) in [5.41, 5.74) is -0.00304. The third-order valence-electron chi connectivity index (χ3n) is 3.12. The van der Waals surface area contributed by atoms with Gasteiger partial charge in [0.1, 0.15) is 0 Å². The Morgan fingerprint density at radius 1 is 1.32 bits per heavy atom. The summed E-state index contributed by atoms with van der Waals surface area (Å²) in [5.74, 6) is -0.192. The minimum atomic E-state index is -0.192. The van der Waals surface area contributed by atoms with Crippen LogP contribution in [0.25, 0.3) is 0 Å². The van der Waals surface area contributed by atoms with E-state index in [1.807, 2.05) is 0 Å². The Hall–Kier alpha value is -0.720. The van der Waals surface area contributed by atoms with Gasteiger partial charge in [0, 0.05) is 17.1 Å². The lowest BCUT2D eigenvalue weighted by Gasteiger charge is -2.46. The van der Waals surface area contributed by atoms with Gasteiger partial charge in [0.2, 0.25) is 9.47 Å². The van der Waals surface area contributed by atoms with E-state index in [2.05, 4.69) is 48.5 Å². The first kappa shape index (κ1) is 14.7. The van der Waals surface area contributed by atoms with E-state index in [9.17, 15) is 4.79 Å². The van der Waals surface area contributed by atoms with E-state index >= 15 is 0 Å². The van der Waals surface area contributed by atoms with Crippen LogP contribution in [0.15, 0.2) is 0 Å². The molecule has 7 heteroatoms. The molecule has 1 aromatic heterocycles. The summed E-state index contributed by atoms with van der Waals surface area (Å²) in [4.78, 5) is 12.1. The van der Waals surface area contributed by atoms with Crippen LogP contribution in [0.5, 0.6) is 0 Å². The Balaban J connectivity index is 2.04. The Kier molecular flexibility index (Phi) is 3.86. The molecule has 0 spiro atoms. The zero-order valence-electron chi connectivity index (χ0n) is 11.6. The van der Waals surface area contributed by atoms with E-state index in [4.69, 9.17) is 11.6 Å². The largest absolute Gasteiger partial charge is 0.347 e. The fourth-order valence-electron chi connectivity index (χ4n) is 2.97. The highest BCUT2D eigenvalue weighted by Crippen LogP contribution is 2.28. The Morgan fingerprint density at radius 3 is 2.37 bits per heavy atom. The lowest BCUT2D eigenvalue weighted by Crippen LogP contribution is -2.62. The molecular weight excluding hydrogens is 284 g/mol. The first-order valence-corrected chi connectivity index (χ1v) is 7.46. The molecule has 0 atom stereocenters. The van der Waals surface area contributed by atoms with Crippen LogP contribution >= 0.6 is 22.9 Å². The maximum atomic E-state index is 12.1. The summed E-state index contributed by atoms with van der Waals surface area (Å²) in [6, 6.07) is 0.126. The topological polar surface area (TPSA) is 66.9 Å². The smallest absolute Gasteiger partial charge is 0.282 e. The predicted molar refractivity (Wildman–Crippen MR) is 76.7 cm³/mol. The van der Waals surface area contributed by atoms with Gasteiger partial charge in [-0.25, -0.2) is 0 Å². The summed E-state index contributed by atoms with van der Waals surface area (Å²) in [7, 11) is 0. The minimum Gasteiger partial charge on any atom is -0.347 e. The Morgan fingerprint density at radius 2 is 1.89 bits per heavy atom. The van der Waals surface area contributed by atoms with E-state index in [0.717, 1.165) is 24.2 Å². The maximum Gasteiger partial charge on any atom is 0.282 e. The van der Waals surface area contributed by atoms with Crippen molar-refractivity contribution in [2.45, 2.75) is 57.7 Å². The molecule has 0 unspecified atom stereocenters. The first-order valence-electron chi connectivity index (χ1n) is 6.26. The van der Waals surface area contributed by atoms with Gasteiger partial charge in [-0.3, -0.25) is 4.79 Å². The normalized spacial score (nSPS) is 22.2. The minimum absolute atomic E-state index is 0.00152. The van der Waals surface area contributed by atoms with Crippen LogP contribution in [0.4, 0.5) is 0 Å². The summed E-state index contributed by atoms with van der Waals surface area (Å²) in [6.07, 6.45) is 1.77. The molecule has 0 aromatic carbocycles. The quantitative estimate of drug-likeness (QED) is 0.879. The number of carbonyl (C=O) groups is 1. The number of hydrogen-bond acceptors (Lipinski definition) is 5. The van der Waals surface area contributed by atoms with Crippen molar-refractivity contribution in [2.24, 2.45) is 0 Å². The van der Waals surface area contributed by atoms with Gasteiger partial charge < -0.3 is 10.6 Å². The number of carbonyl (C=O) groups excluding carboxylic acids is 1. The fraction of sp³-hybridized carbons (Fsp3) is 0.750. The molecule has 0 radical (unpaired) electrons. The van der Waals surface area contributed by atoms with Crippen LogP contribution in [-0.2, 0) is 0 Å². The molecule has 5 nitrogen and oxygen atoms in total. The van der Waals surface area contributed by atoms with E-state index < -0.39 is 0 Å². The third-order valence-corrected chi connectivity index (χ3v) is 4.14.